The fraction of sp³-hybridized carbons (Fsp3) is 0.611. The highest BCUT2D eigenvalue weighted by Crippen LogP contribution is 2.16. The van der Waals surface area contributed by atoms with E-state index < -0.39 is 5.60 Å². The second-order valence-corrected chi connectivity index (χ2v) is 7.37. The summed E-state index contributed by atoms with van der Waals surface area (Å²) in [6, 6.07) is 7.05. The zero-order valence-electron chi connectivity index (χ0n) is 15.2. The smallest absolute Gasteiger partial charge is 0.410 e. The van der Waals surface area contributed by atoms with Gasteiger partial charge in [-0.05, 0) is 52.1 Å². The molecule has 1 amide bonds. The molecule has 0 bridgehead atoms. The Bertz CT molecular complexity index is 587. The van der Waals surface area contributed by atoms with Crippen LogP contribution < -0.4 is 5.32 Å². The Hall–Kier alpha value is -2.15. The number of carbonyl (C=O) groups excluding carboxylic acids is 1. The molecule has 1 fully saturated rings. The van der Waals surface area contributed by atoms with E-state index in [-0.39, 0.29) is 16.7 Å². The first-order valence-electron chi connectivity index (χ1n) is 8.69. The van der Waals surface area contributed by atoms with E-state index >= 15 is 0 Å². The van der Waals surface area contributed by atoms with Gasteiger partial charge in [-0.1, -0.05) is 12.1 Å². The number of hydrogen-bond acceptors (Lipinski definition) is 5. The molecular weight excluding hydrogens is 322 g/mol. The van der Waals surface area contributed by atoms with Crippen LogP contribution in [0.1, 0.15) is 39.2 Å². The molecule has 1 heterocycles. The number of carbonyl (C=O) groups is 1. The number of nitrogens with one attached hydrogen (secondary N) is 1. The number of piperidine rings is 1. The maximum atomic E-state index is 12.0. The fourth-order valence-electron chi connectivity index (χ4n) is 2.80. The average Bonchev–Trinajstić information content (AvgIpc) is 2.54. The SMILES string of the molecule is CC(C)(C)OC(=O)N1CCC(NCCc2ccc([N+](=O)[O-])cc2)CC1. The van der Waals surface area contributed by atoms with E-state index in [1.807, 2.05) is 20.8 Å². The second kappa shape index (κ2) is 8.29. The van der Waals surface area contributed by atoms with Gasteiger partial charge in [0.25, 0.3) is 5.69 Å². The summed E-state index contributed by atoms with van der Waals surface area (Å²) in [5.41, 5.74) is 0.729. The Morgan fingerprint density at radius 2 is 1.88 bits per heavy atom. The van der Waals surface area contributed by atoms with E-state index in [9.17, 15) is 14.9 Å². The van der Waals surface area contributed by atoms with E-state index in [0.717, 1.165) is 31.4 Å². The summed E-state index contributed by atoms with van der Waals surface area (Å²) in [6.07, 6.45) is 2.39. The highest BCUT2D eigenvalue weighted by atomic mass is 16.6. The molecule has 0 radical (unpaired) electrons. The van der Waals surface area contributed by atoms with Crippen LogP contribution in [0.2, 0.25) is 0 Å². The third-order valence-electron chi connectivity index (χ3n) is 4.14. The lowest BCUT2D eigenvalue weighted by Gasteiger charge is -2.33. The van der Waals surface area contributed by atoms with E-state index in [0.29, 0.717) is 19.1 Å². The predicted octanol–water partition coefficient (Wildman–Crippen LogP) is 3.13. The van der Waals surface area contributed by atoms with Crippen molar-refractivity contribution in [3.8, 4) is 0 Å². The molecule has 7 nitrogen and oxygen atoms in total. The van der Waals surface area contributed by atoms with Gasteiger partial charge in [0.15, 0.2) is 0 Å². The second-order valence-electron chi connectivity index (χ2n) is 7.37. The molecule has 0 aromatic heterocycles. The Morgan fingerprint density at radius 1 is 1.28 bits per heavy atom. The maximum Gasteiger partial charge on any atom is 0.410 e. The van der Waals surface area contributed by atoms with Gasteiger partial charge in [0.1, 0.15) is 5.60 Å². The van der Waals surface area contributed by atoms with Crippen molar-refractivity contribution >= 4 is 11.8 Å². The molecule has 0 atom stereocenters. The van der Waals surface area contributed by atoms with Crippen LogP contribution >= 0.6 is 0 Å². The molecule has 2 rings (SSSR count). The highest BCUT2D eigenvalue weighted by Gasteiger charge is 2.26. The number of benzene rings is 1. The number of nitro groups is 1. The Kier molecular flexibility index (Phi) is 6.36. The van der Waals surface area contributed by atoms with Crippen molar-refractivity contribution in [1.82, 2.24) is 10.2 Å². The van der Waals surface area contributed by atoms with Gasteiger partial charge in [0.05, 0.1) is 4.92 Å². The summed E-state index contributed by atoms with van der Waals surface area (Å²) in [5.74, 6) is 0. The first-order valence-corrected chi connectivity index (χ1v) is 8.69. The number of likely N-dealkylation sites (tertiary alicyclic amines) is 1. The minimum absolute atomic E-state index is 0.117. The van der Waals surface area contributed by atoms with Gasteiger partial charge < -0.3 is 15.0 Å². The number of non-ortho nitro benzene ring substituents is 1. The highest BCUT2D eigenvalue weighted by molar-refractivity contribution is 5.68. The third-order valence-corrected chi connectivity index (χ3v) is 4.14. The van der Waals surface area contributed by atoms with Crippen molar-refractivity contribution in [1.29, 1.82) is 0 Å². The summed E-state index contributed by atoms with van der Waals surface area (Å²) in [4.78, 5) is 24.0. The minimum Gasteiger partial charge on any atom is -0.444 e. The molecule has 7 heteroatoms. The number of amides is 1. The molecule has 1 aromatic carbocycles. The van der Waals surface area contributed by atoms with E-state index in [2.05, 4.69) is 5.32 Å². The fourth-order valence-corrected chi connectivity index (χ4v) is 2.80. The van der Waals surface area contributed by atoms with Gasteiger partial charge >= 0.3 is 6.09 Å². The van der Waals surface area contributed by atoms with Crippen molar-refractivity contribution < 1.29 is 14.5 Å². The van der Waals surface area contributed by atoms with Crippen molar-refractivity contribution in [2.45, 2.75) is 51.7 Å². The van der Waals surface area contributed by atoms with Crippen molar-refractivity contribution in [2.24, 2.45) is 0 Å². The van der Waals surface area contributed by atoms with E-state index in [1.165, 1.54) is 12.1 Å². The van der Waals surface area contributed by atoms with Crippen LogP contribution in [0.4, 0.5) is 10.5 Å². The van der Waals surface area contributed by atoms with Gasteiger partial charge in [-0.25, -0.2) is 4.79 Å². The van der Waals surface area contributed by atoms with Crippen LogP contribution in [-0.4, -0.2) is 47.2 Å². The van der Waals surface area contributed by atoms with Gasteiger partial charge in [-0.3, -0.25) is 10.1 Å². The summed E-state index contributed by atoms with van der Waals surface area (Å²) < 4.78 is 5.40. The van der Waals surface area contributed by atoms with Crippen LogP contribution in [-0.2, 0) is 11.2 Å². The lowest BCUT2D eigenvalue weighted by molar-refractivity contribution is -0.384. The van der Waals surface area contributed by atoms with Crippen LogP contribution in [0.15, 0.2) is 24.3 Å². The molecule has 0 saturated carbocycles. The lowest BCUT2D eigenvalue weighted by Crippen LogP contribution is -2.46. The number of rotatable bonds is 5. The minimum atomic E-state index is -0.461. The van der Waals surface area contributed by atoms with Gasteiger partial charge in [-0.15, -0.1) is 0 Å². The zero-order chi connectivity index (χ0) is 18.4. The summed E-state index contributed by atoms with van der Waals surface area (Å²) in [7, 11) is 0. The molecule has 1 aromatic rings. The predicted molar refractivity (Wildman–Crippen MR) is 95.6 cm³/mol. The summed E-state index contributed by atoms with van der Waals surface area (Å²) >= 11 is 0. The van der Waals surface area contributed by atoms with Crippen molar-refractivity contribution in [2.75, 3.05) is 19.6 Å². The molecule has 1 aliphatic rings. The Balaban J connectivity index is 1.68. The Labute approximate surface area is 148 Å². The third kappa shape index (κ3) is 6.34. The summed E-state index contributed by atoms with van der Waals surface area (Å²) in [5, 5.41) is 14.1. The molecule has 1 saturated heterocycles. The standard InChI is InChI=1S/C18H27N3O4/c1-18(2,3)25-17(22)20-12-9-15(10-13-20)19-11-8-14-4-6-16(7-5-14)21(23)24/h4-7,15,19H,8-13H2,1-3H3. The average molecular weight is 349 g/mol. The van der Waals surface area contributed by atoms with E-state index in [1.54, 1.807) is 17.0 Å². The molecule has 25 heavy (non-hydrogen) atoms. The topological polar surface area (TPSA) is 84.7 Å². The molecule has 1 aliphatic heterocycles. The summed E-state index contributed by atoms with van der Waals surface area (Å²) in [6.45, 7) is 7.83. The molecule has 138 valence electrons. The van der Waals surface area contributed by atoms with E-state index in [4.69, 9.17) is 4.74 Å². The maximum absolute atomic E-state index is 12.0. The van der Waals surface area contributed by atoms with Gasteiger partial charge in [0, 0.05) is 31.3 Å². The molecule has 1 N–H and O–H groups in total. The normalized spacial score (nSPS) is 15.9. The first-order chi connectivity index (χ1) is 11.7. The molecule has 0 spiro atoms. The van der Waals surface area contributed by atoms with Crippen LogP contribution in [0.3, 0.4) is 0 Å². The monoisotopic (exact) mass is 349 g/mol. The zero-order valence-corrected chi connectivity index (χ0v) is 15.2. The number of nitrogens with zero attached hydrogens (tertiary/aromatic N) is 2. The van der Waals surface area contributed by atoms with Crippen molar-refractivity contribution in [3.63, 3.8) is 0 Å². The number of ether oxygens (including phenoxy) is 1. The van der Waals surface area contributed by atoms with Gasteiger partial charge in [0.2, 0.25) is 0 Å². The number of nitro benzene ring substituents is 1. The Morgan fingerprint density at radius 3 is 2.40 bits per heavy atom. The van der Waals surface area contributed by atoms with Gasteiger partial charge in [-0.2, -0.15) is 0 Å². The molecule has 0 unspecified atom stereocenters. The quantitative estimate of drug-likeness (QED) is 0.652. The van der Waals surface area contributed by atoms with Crippen LogP contribution in [0.25, 0.3) is 0 Å². The number of hydrogen-bond donors (Lipinski definition) is 1. The molecular formula is C18H27N3O4. The first kappa shape index (κ1) is 19.2. The lowest BCUT2D eigenvalue weighted by atomic mass is 10.0. The largest absolute Gasteiger partial charge is 0.444 e. The van der Waals surface area contributed by atoms with Crippen LogP contribution in [0, 0.1) is 10.1 Å². The van der Waals surface area contributed by atoms with Crippen LogP contribution in [0.5, 0.6) is 0 Å². The van der Waals surface area contributed by atoms with Crippen molar-refractivity contribution in [3.05, 3.63) is 39.9 Å². The molecule has 0 aliphatic carbocycles.